The molecule has 0 radical (unpaired) electrons. The summed E-state index contributed by atoms with van der Waals surface area (Å²) in [6.07, 6.45) is 1.24. The molecule has 2 atom stereocenters. The second kappa shape index (κ2) is 8.58. The Kier molecular flexibility index (Phi) is 5.93. The Bertz CT molecular complexity index is 865. The van der Waals surface area contributed by atoms with E-state index in [1.807, 2.05) is 65.2 Å². The molecular weight excluding hydrogens is 392 g/mol. The number of carbonyl (C=O) groups excluding carboxylic acids is 2. The predicted molar refractivity (Wildman–Crippen MR) is 115 cm³/mol. The van der Waals surface area contributed by atoms with Crippen molar-refractivity contribution in [3.05, 3.63) is 64.7 Å². The summed E-state index contributed by atoms with van der Waals surface area (Å²) >= 11 is 8.14. The molecule has 0 spiro atoms. The topological polar surface area (TPSA) is 49.4 Å². The number of rotatable bonds is 5. The fraction of sp³-hybridized carbons (Fsp3) is 0.364. The zero-order valence-corrected chi connectivity index (χ0v) is 17.1. The van der Waals surface area contributed by atoms with Gasteiger partial charge in [-0.2, -0.15) is 11.8 Å². The van der Waals surface area contributed by atoms with Crippen molar-refractivity contribution in [2.45, 2.75) is 18.8 Å². The molecule has 6 heteroatoms. The molecule has 146 valence electrons. The van der Waals surface area contributed by atoms with E-state index in [1.54, 1.807) is 0 Å². The van der Waals surface area contributed by atoms with Crippen molar-refractivity contribution in [2.75, 3.05) is 29.9 Å². The van der Waals surface area contributed by atoms with E-state index in [2.05, 4.69) is 5.32 Å². The summed E-state index contributed by atoms with van der Waals surface area (Å²) in [5, 5.41) is 3.71. The van der Waals surface area contributed by atoms with E-state index in [0.29, 0.717) is 6.42 Å². The smallest absolute Gasteiger partial charge is 0.228 e. The van der Waals surface area contributed by atoms with Crippen LogP contribution in [0.5, 0.6) is 0 Å². The molecule has 4 rings (SSSR count). The van der Waals surface area contributed by atoms with Crippen LogP contribution in [0.1, 0.15) is 23.5 Å². The fourth-order valence-electron chi connectivity index (χ4n) is 3.64. The highest BCUT2D eigenvalue weighted by Gasteiger charge is 2.44. The molecule has 1 saturated heterocycles. The molecule has 1 aliphatic carbocycles. The lowest BCUT2D eigenvalue weighted by Gasteiger charge is -2.26. The zero-order valence-electron chi connectivity index (χ0n) is 15.6. The summed E-state index contributed by atoms with van der Waals surface area (Å²) < 4.78 is 0. The van der Waals surface area contributed by atoms with Gasteiger partial charge in [0.25, 0.3) is 0 Å². The number of hydrogen-bond donors (Lipinski definition) is 1. The number of anilines is 1. The van der Waals surface area contributed by atoms with Gasteiger partial charge < -0.3 is 10.2 Å². The van der Waals surface area contributed by atoms with Crippen LogP contribution in [0.25, 0.3) is 0 Å². The summed E-state index contributed by atoms with van der Waals surface area (Å²) in [7, 11) is 0. The highest BCUT2D eigenvalue weighted by molar-refractivity contribution is 7.99. The van der Waals surface area contributed by atoms with Gasteiger partial charge in [0, 0.05) is 41.2 Å². The lowest BCUT2D eigenvalue weighted by atomic mass is 10.1. The standard InChI is InChI=1S/C22H23ClN2O2S/c23-20-4-2-1-3-17(20)18-14-19(18)22(27)24-16-7-5-15(6-8-16)13-21(26)25-9-11-28-12-10-25/h1-8,18-19H,9-14H2,(H,24,27). The molecule has 1 saturated carbocycles. The monoisotopic (exact) mass is 414 g/mol. The van der Waals surface area contributed by atoms with E-state index >= 15 is 0 Å². The van der Waals surface area contributed by atoms with E-state index in [1.165, 1.54) is 0 Å². The average molecular weight is 415 g/mol. The summed E-state index contributed by atoms with van der Waals surface area (Å²) in [5.41, 5.74) is 2.79. The van der Waals surface area contributed by atoms with Gasteiger partial charge in [0.1, 0.15) is 0 Å². The number of nitrogens with zero attached hydrogens (tertiary/aromatic N) is 1. The lowest BCUT2D eigenvalue weighted by molar-refractivity contribution is -0.130. The van der Waals surface area contributed by atoms with Crippen molar-refractivity contribution >= 4 is 40.9 Å². The maximum Gasteiger partial charge on any atom is 0.228 e. The molecule has 2 aromatic rings. The van der Waals surface area contributed by atoms with Gasteiger partial charge in [-0.25, -0.2) is 0 Å². The first-order valence-corrected chi connectivity index (χ1v) is 11.1. The van der Waals surface area contributed by atoms with Gasteiger partial charge in [0.05, 0.1) is 6.42 Å². The van der Waals surface area contributed by atoms with Crippen LogP contribution in [-0.4, -0.2) is 41.3 Å². The van der Waals surface area contributed by atoms with Gasteiger partial charge in [-0.3, -0.25) is 9.59 Å². The molecule has 4 nitrogen and oxygen atoms in total. The molecule has 0 aromatic heterocycles. The van der Waals surface area contributed by atoms with E-state index in [0.717, 1.165) is 52.9 Å². The molecule has 1 aliphatic heterocycles. The van der Waals surface area contributed by atoms with Crippen molar-refractivity contribution in [3.63, 3.8) is 0 Å². The maximum atomic E-state index is 12.5. The second-order valence-corrected chi connectivity index (χ2v) is 8.96. The molecule has 28 heavy (non-hydrogen) atoms. The van der Waals surface area contributed by atoms with E-state index in [-0.39, 0.29) is 23.7 Å². The molecule has 1 N–H and O–H groups in total. The Hall–Kier alpha value is -1.98. The van der Waals surface area contributed by atoms with E-state index in [9.17, 15) is 9.59 Å². The highest BCUT2D eigenvalue weighted by atomic mass is 35.5. The Balaban J connectivity index is 1.30. The Labute approximate surface area is 174 Å². The van der Waals surface area contributed by atoms with Crippen molar-refractivity contribution in [3.8, 4) is 0 Å². The molecule has 2 amide bonds. The van der Waals surface area contributed by atoms with Gasteiger partial charge in [-0.15, -0.1) is 0 Å². The van der Waals surface area contributed by atoms with E-state index < -0.39 is 0 Å². The van der Waals surface area contributed by atoms with Crippen molar-refractivity contribution in [1.82, 2.24) is 4.90 Å². The average Bonchev–Trinajstić information content (AvgIpc) is 3.51. The van der Waals surface area contributed by atoms with Crippen LogP contribution >= 0.6 is 23.4 Å². The van der Waals surface area contributed by atoms with Crippen LogP contribution < -0.4 is 5.32 Å². The number of halogens is 1. The summed E-state index contributed by atoms with van der Waals surface area (Å²) in [6.45, 7) is 1.68. The SMILES string of the molecule is O=C(Nc1ccc(CC(=O)N2CCSCC2)cc1)C1CC1c1ccccc1Cl. The largest absolute Gasteiger partial charge is 0.341 e. The van der Waals surface area contributed by atoms with Crippen LogP contribution in [0.2, 0.25) is 5.02 Å². The molecule has 2 aliphatic rings. The lowest BCUT2D eigenvalue weighted by Crippen LogP contribution is -2.38. The van der Waals surface area contributed by atoms with Gasteiger partial charge in [0.2, 0.25) is 11.8 Å². The van der Waals surface area contributed by atoms with E-state index in [4.69, 9.17) is 11.6 Å². The van der Waals surface area contributed by atoms with Gasteiger partial charge >= 0.3 is 0 Å². The first kappa shape index (κ1) is 19.3. The van der Waals surface area contributed by atoms with Crippen LogP contribution in [0, 0.1) is 5.92 Å². The maximum absolute atomic E-state index is 12.5. The minimum atomic E-state index is -0.0295. The third-order valence-electron chi connectivity index (χ3n) is 5.37. The summed E-state index contributed by atoms with van der Waals surface area (Å²) in [6, 6.07) is 15.3. The third-order valence-corrected chi connectivity index (χ3v) is 6.66. The first-order valence-electron chi connectivity index (χ1n) is 9.61. The van der Waals surface area contributed by atoms with Crippen molar-refractivity contribution in [2.24, 2.45) is 5.92 Å². The van der Waals surface area contributed by atoms with Crippen LogP contribution in [0.3, 0.4) is 0 Å². The molecule has 2 unspecified atom stereocenters. The Morgan fingerprint density at radius 3 is 2.50 bits per heavy atom. The number of hydrogen-bond acceptors (Lipinski definition) is 3. The molecule has 2 aromatic carbocycles. The Morgan fingerprint density at radius 1 is 1.07 bits per heavy atom. The summed E-state index contributed by atoms with van der Waals surface area (Å²) in [5.74, 6) is 2.42. The number of carbonyl (C=O) groups is 2. The van der Waals surface area contributed by atoms with Crippen molar-refractivity contribution in [1.29, 1.82) is 0 Å². The van der Waals surface area contributed by atoms with Crippen LogP contribution in [0.4, 0.5) is 5.69 Å². The number of thioether (sulfide) groups is 1. The molecule has 0 bridgehead atoms. The fourth-order valence-corrected chi connectivity index (χ4v) is 4.82. The summed E-state index contributed by atoms with van der Waals surface area (Å²) in [4.78, 5) is 26.8. The molecule has 1 heterocycles. The molecule has 2 fully saturated rings. The number of amides is 2. The van der Waals surface area contributed by atoms with Gasteiger partial charge in [-0.05, 0) is 41.7 Å². The quantitative estimate of drug-likeness (QED) is 0.797. The third kappa shape index (κ3) is 4.53. The number of benzene rings is 2. The van der Waals surface area contributed by atoms with Crippen LogP contribution in [-0.2, 0) is 16.0 Å². The second-order valence-electron chi connectivity index (χ2n) is 7.33. The Morgan fingerprint density at radius 2 is 1.79 bits per heavy atom. The normalized spacial score (nSPS) is 21.2. The minimum Gasteiger partial charge on any atom is -0.341 e. The number of nitrogens with one attached hydrogen (secondary N) is 1. The highest BCUT2D eigenvalue weighted by Crippen LogP contribution is 2.49. The zero-order chi connectivity index (χ0) is 19.5. The predicted octanol–water partition coefficient (Wildman–Crippen LogP) is 4.20. The molecular formula is C22H23ClN2O2S. The first-order chi connectivity index (χ1) is 13.6. The van der Waals surface area contributed by atoms with Crippen LogP contribution in [0.15, 0.2) is 48.5 Å². The van der Waals surface area contributed by atoms with Gasteiger partial charge in [-0.1, -0.05) is 41.9 Å². The van der Waals surface area contributed by atoms with Gasteiger partial charge in [0.15, 0.2) is 0 Å². The minimum absolute atomic E-state index is 0.0274. The van der Waals surface area contributed by atoms with Crippen molar-refractivity contribution < 1.29 is 9.59 Å².